The average molecular weight is 550 g/mol. The van der Waals surface area contributed by atoms with Gasteiger partial charge in [0.05, 0.1) is 12.0 Å². The number of hydrogen-bond donors (Lipinski definition) is 2. The van der Waals surface area contributed by atoms with Gasteiger partial charge in [-0.2, -0.15) is 4.58 Å². The molecule has 2 N–H and O–H groups in total. The fourth-order valence-electron chi connectivity index (χ4n) is 5.81. The van der Waals surface area contributed by atoms with Crippen molar-refractivity contribution in [2.45, 2.75) is 51.4 Å². The highest BCUT2D eigenvalue weighted by Gasteiger charge is 2.44. The molecular weight excluding hydrogens is 507 g/mol. The van der Waals surface area contributed by atoms with Crippen LogP contribution in [-0.4, -0.2) is 53.3 Å². The predicted octanol–water partition coefficient (Wildman–Crippen LogP) is 6.46. The standard InChI is InChI=1S/C32H41N2O4P/c1-31(2)25-15-9-11-17-27(25)33(21-13-23-35)29(31)19-7-6-8-20-30-32(3,4)26-16-10-12-18-28(26)34(30)22-14-24-38-39(5,36)37/h6-12,15-20,35H,13-14,21-24H2,1-5H3/p+1. The molecule has 2 aromatic carbocycles. The summed E-state index contributed by atoms with van der Waals surface area (Å²) in [7, 11) is -3.48. The van der Waals surface area contributed by atoms with Crippen LogP contribution in [0.3, 0.4) is 0 Å². The Kier molecular flexibility index (Phi) is 8.82. The molecule has 0 bridgehead atoms. The zero-order valence-corrected chi connectivity index (χ0v) is 24.7. The van der Waals surface area contributed by atoms with Crippen molar-refractivity contribution in [3.8, 4) is 0 Å². The molecule has 1 unspecified atom stereocenters. The van der Waals surface area contributed by atoms with Gasteiger partial charge in [-0.25, -0.2) is 0 Å². The molecule has 2 aromatic rings. The van der Waals surface area contributed by atoms with Gasteiger partial charge >= 0.3 is 7.60 Å². The summed E-state index contributed by atoms with van der Waals surface area (Å²) in [5.41, 5.74) is 7.07. The van der Waals surface area contributed by atoms with Crippen LogP contribution in [-0.2, 0) is 19.9 Å². The summed E-state index contributed by atoms with van der Waals surface area (Å²) in [4.78, 5) is 11.8. The lowest BCUT2D eigenvalue weighted by Crippen LogP contribution is -2.28. The third-order valence-corrected chi connectivity index (χ3v) is 8.39. The Morgan fingerprint density at radius 3 is 2.36 bits per heavy atom. The van der Waals surface area contributed by atoms with E-state index >= 15 is 0 Å². The van der Waals surface area contributed by atoms with E-state index in [4.69, 9.17) is 4.52 Å². The van der Waals surface area contributed by atoms with Gasteiger partial charge in [-0.05, 0) is 38.0 Å². The van der Waals surface area contributed by atoms with Gasteiger partial charge in [0.2, 0.25) is 5.69 Å². The molecule has 7 heteroatoms. The maximum Gasteiger partial charge on any atom is 0.325 e. The fourth-order valence-corrected chi connectivity index (χ4v) is 6.27. The maximum absolute atomic E-state index is 11.5. The number of aliphatic hydroxyl groups is 1. The highest BCUT2D eigenvalue weighted by molar-refractivity contribution is 7.51. The van der Waals surface area contributed by atoms with E-state index in [9.17, 15) is 14.6 Å². The first kappa shape index (κ1) is 29.2. The number of para-hydroxylation sites is 2. The second-order valence-electron chi connectivity index (χ2n) is 11.3. The largest absolute Gasteiger partial charge is 0.396 e. The molecule has 208 valence electrons. The summed E-state index contributed by atoms with van der Waals surface area (Å²) >= 11 is 0. The van der Waals surface area contributed by atoms with E-state index in [2.05, 4.69) is 116 Å². The van der Waals surface area contributed by atoms with Crippen molar-refractivity contribution in [3.05, 3.63) is 95.7 Å². The van der Waals surface area contributed by atoms with Crippen molar-refractivity contribution >= 4 is 24.7 Å². The number of hydrogen-bond acceptors (Lipinski definition) is 4. The summed E-state index contributed by atoms with van der Waals surface area (Å²) in [6.45, 7) is 12.1. The van der Waals surface area contributed by atoms with Crippen LogP contribution < -0.4 is 4.90 Å². The normalized spacial score (nSPS) is 20.3. The Bertz CT molecular complexity index is 1360. The summed E-state index contributed by atoms with van der Waals surface area (Å²) in [6.07, 6.45) is 12.0. The van der Waals surface area contributed by atoms with Crippen molar-refractivity contribution in [3.63, 3.8) is 0 Å². The Morgan fingerprint density at radius 2 is 1.64 bits per heavy atom. The SMILES string of the molecule is CC1(C)C(/C=C/C=C/C=C2/N(CCCO)c3ccccc3C2(C)C)=[N+](CCCOP(C)(=O)O)c2ccccc21. The summed E-state index contributed by atoms with van der Waals surface area (Å²) in [5, 5.41) is 9.47. The number of aliphatic hydroxyl groups excluding tert-OH is 1. The van der Waals surface area contributed by atoms with Gasteiger partial charge in [0, 0.05) is 60.7 Å². The lowest BCUT2D eigenvalue weighted by Gasteiger charge is -2.26. The van der Waals surface area contributed by atoms with Crippen LogP contribution in [0.4, 0.5) is 11.4 Å². The van der Waals surface area contributed by atoms with E-state index in [-0.39, 0.29) is 24.0 Å². The molecule has 0 fully saturated rings. The van der Waals surface area contributed by atoms with Crippen LogP contribution in [0.25, 0.3) is 0 Å². The molecule has 2 aliphatic heterocycles. The summed E-state index contributed by atoms with van der Waals surface area (Å²) in [5.74, 6) is 0. The molecule has 2 aliphatic rings. The molecule has 0 aliphatic carbocycles. The fraction of sp³-hybridized carbons (Fsp3) is 0.406. The van der Waals surface area contributed by atoms with Crippen LogP contribution >= 0.6 is 7.60 Å². The minimum Gasteiger partial charge on any atom is -0.396 e. The number of rotatable bonds is 11. The first-order valence-electron chi connectivity index (χ1n) is 13.7. The van der Waals surface area contributed by atoms with Crippen LogP contribution in [0, 0.1) is 0 Å². The van der Waals surface area contributed by atoms with Crippen LogP contribution in [0.5, 0.6) is 0 Å². The minimum absolute atomic E-state index is 0.125. The molecule has 0 saturated heterocycles. The van der Waals surface area contributed by atoms with E-state index in [1.54, 1.807) is 0 Å². The first-order valence-corrected chi connectivity index (χ1v) is 15.7. The second-order valence-corrected chi connectivity index (χ2v) is 13.2. The summed E-state index contributed by atoms with van der Waals surface area (Å²) in [6, 6.07) is 17.0. The van der Waals surface area contributed by atoms with Crippen molar-refractivity contribution in [2.75, 3.05) is 37.9 Å². The van der Waals surface area contributed by atoms with Crippen LogP contribution in [0.15, 0.2) is 84.6 Å². The van der Waals surface area contributed by atoms with Gasteiger partial charge in [-0.1, -0.05) is 68.5 Å². The van der Waals surface area contributed by atoms with Gasteiger partial charge < -0.3 is 19.4 Å². The smallest absolute Gasteiger partial charge is 0.325 e. The quantitative estimate of drug-likeness (QED) is 0.146. The van der Waals surface area contributed by atoms with Gasteiger partial charge in [0.15, 0.2) is 12.3 Å². The number of nitrogens with zero attached hydrogens (tertiary/aromatic N) is 2. The number of allylic oxidation sites excluding steroid dienone is 6. The molecule has 0 spiro atoms. The van der Waals surface area contributed by atoms with Crippen LogP contribution in [0.1, 0.15) is 51.7 Å². The molecule has 0 aromatic heterocycles. The van der Waals surface area contributed by atoms with E-state index in [1.165, 1.54) is 40.6 Å². The molecule has 1 atom stereocenters. The zero-order valence-electron chi connectivity index (χ0n) is 23.8. The molecule has 0 radical (unpaired) electrons. The Morgan fingerprint density at radius 1 is 0.949 bits per heavy atom. The maximum atomic E-state index is 11.5. The molecular formula is C32H42N2O4P+. The molecule has 0 amide bonds. The van der Waals surface area contributed by atoms with Crippen molar-refractivity contribution in [1.29, 1.82) is 0 Å². The molecule has 0 saturated carbocycles. The van der Waals surface area contributed by atoms with Gasteiger partial charge in [0.1, 0.15) is 0 Å². The minimum atomic E-state index is -3.48. The second kappa shape index (κ2) is 11.8. The van der Waals surface area contributed by atoms with Gasteiger partial charge in [0.25, 0.3) is 0 Å². The van der Waals surface area contributed by atoms with Crippen molar-refractivity contribution in [1.82, 2.24) is 0 Å². The Labute approximate surface area is 233 Å². The average Bonchev–Trinajstić information content (AvgIpc) is 3.23. The highest BCUT2D eigenvalue weighted by atomic mass is 31.2. The molecule has 4 rings (SSSR count). The lowest BCUT2D eigenvalue weighted by molar-refractivity contribution is -0.438. The van der Waals surface area contributed by atoms with E-state index in [0.29, 0.717) is 19.4 Å². The van der Waals surface area contributed by atoms with Gasteiger partial charge in [-0.15, -0.1) is 0 Å². The van der Waals surface area contributed by atoms with Crippen molar-refractivity contribution < 1.29 is 23.7 Å². The first-order chi connectivity index (χ1) is 18.5. The van der Waals surface area contributed by atoms with Gasteiger partial charge in [-0.3, -0.25) is 4.57 Å². The topological polar surface area (TPSA) is 73.0 Å². The lowest BCUT2D eigenvalue weighted by atomic mass is 9.81. The summed E-state index contributed by atoms with van der Waals surface area (Å²) < 4.78 is 18.9. The predicted molar refractivity (Wildman–Crippen MR) is 160 cm³/mol. The molecule has 39 heavy (non-hydrogen) atoms. The molecule has 6 nitrogen and oxygen atoms in total. The van der Waals surface area contributed by atoms with E-state index in [1.807, 2.05) is 0 Å². The third kappa shape index (κ3) is 6.20. The number of fused-ring (bicyclic) bond motifs is 2. The molecule has 2 heterocycles. The Balaban J connectivity index is 1.58. The third-order valence-electron chi connectivity index (χ3n) is 7.73. The Hall–Kier alpha value is -2.76. The van der Waals surface area contributed by atoms with Crippen LogP contribution in [0.2, 0.25) is 0 Å². The van der Waals surface area contributed by atoms with E-state index in [0.717, 1.165) is 6.54 Å². The monoisotopic (exact) mass is 549 g/mol. The number of anilines is 1. The number of benzene rings is 2. The highest BCUT2D eigenvalue weighted by Crippen LogP contribution is 2.47. The van der Waals surface area contributed by atoms with E-state index < -0.39 is 7.60 Å². The zero-order chi connectivity index (χ0) is 28.3. The van der Waals surface area contributed by atoms with Crippen molar-refractivity contribution in [2.24, 2.45) is 0 Å².